The monoisotopic (exact) mass is 336 g/mol. The number of nitrogens with one attached hydrogen (secondary N) is 2. The highest BCUT2D eigenvalue weighted by atomic mass is 16.4. The molecule has 2 heterocycles. The Balaban J connectivity index is 1.44. The molecule has 0 spiro atoms. The predicted molar refractivity (Wildman–Crippen MR) is 94.5 cm³/mol. The van der Waals surface area contributed by atoms with Gasteiger partial charge < -0.3 is 9.73 Å². The molecule has 2 N–H and O–H groups in total. The van der Waals surface area contributed by atoms with Gasteiger partial charge in [-0.2, -0.15) is 5.10 Å². The molecule has 0 saturated carbocycles. The quantitative estimate of drug-likeness (QED) is 0.599. The molecule has 1 amide bonds. The van der Waals surface area contributed by atoms with Crippen LogP contribution in [0.15, 0.2) is 51.8 Å². The van der Waals surface area contributed by atoms with Crippen molar-refractivity contribution in [2.24, 2.45) is 7.05 Å². The summed E-state index contributed by atoms with van der Waals surface area (Å²) in [4.78, 5) is 23.7. The molecule has 0 saturated heterocycles. The number of rotatable bonds is 4. The first-order chi connectivity index (χ1) is 12.1. The zero-order chi connectivity index (χ0) is 17.4. The van der Waals surface area contributed by atoms with E-state index in [0.717, 1.165) is 27.7 Å². The number of hydrogen-bond acceptors (Lipinski definition) is 4. The van der Waals surface area contributed by atoms with Gasteiger partial charge in [0.25, 0.3) is 0 Å². The van der Waals surface area contributed by atoms with Gasteiger partial charge in [-0.05, 0) is 42.3 Å². The molecular formula is C18H16N4O3. The third-order valence-corrected chi connectivity index (χ3v) is 4.22. The van der Waals surface area contributed by atoms with Gasteiger partial charge in [-0.1, -0.05) is 6.07 Å². The highest BCUT2D eigenvalue weighted by molar-refractivity contribution is 5.93. The summed E-state index contributed by atoms with van der Waals surface area (Å²) in [5.41, 5.74) is 3.86. The van der Waals surface area contributed by atoms with Crippen LogP contribution in [0.25, 0.3) is 22.0 Å². The lowest BCUT2D eigenvalue weighted by molar-refractivity contribution is -0.116. The Kier molecular flexibility index (Phi) is 3.61. The van der Waals surface area contributed by atoms with Gasteiger partial charge in [0.2, 0.25) is 5.91 Å². The van der Waals surface area contributed by atoms with Gasteiger partial charge in [0.15, 0.2) is 5.58 Å². The number of anilines is 1. The van der Waals surface area contributed by atoms with Gasteiger partial charge in [-0.15, -0.1) is 0 Å². The average Bonchev–Trinajstić information content (AvgIpc) is 3.18. The van der Waals surface area contributed by atoms with Crippen LogP contribution in [-0.4, -0.2) is 20.7 Å². The topological polar surface area (TPSA) is 92.9 Å². The van der Waals surface area contributed by atoms with Crippen LogP contribution in [0.4, 0.5) is 5.69 Å². The molecule has 0 aliphatic heterocycles. The third kappa shape index (κ3) is 2.91. The van der Waals surface area contributed by atoms with Crippen LogP contribution in [0.3, 0.4) is 0 Å². The number of benzene rings is 2. The predicted octanol–water partition coefficient (Wildman–Crippen LogP) is 2.58. The fraction of sp³-hybridized carbons (Fsp3) is 0.167. The fourth-order valence-corrected chi connectivity index (χ4v) is 2.82. The number of nitrogens with zero attached hydrogens (tertiary/aromatic N) is 2. The molecule has 0 aliphatic carbocycles. The molecule has 4 aromatic rings. The number of carbonyl (C=O) groups is 1. The number of amides is 1. The zero-order valence-corrected chi connectivity index (χ0v) is 13.6. The van der Waals surface area contributed by atoms with Crippen molar-refractivity contribution in [2.45, 2.75) is 12.8 Å². The Morgan fingerprint density at radius 3 is 3.04 bits per heavy atom. The number of aromatic amines is 1. The number of hydrogen-bond donors (Lipinski definition) is 2. The minimum absolute atomic E-state index is 0.0694. The molecule has 2 aromatic carbocycles. The van der Waals surface area contributed by atoms with Crippen molar-refractivity contribution in [3.63, 3.8) is 0 Å². The van der Waals surface area contributed by atoms with Crippen molar-refractivity contribution in [1.29, 1.82) is 0 Å². The molecule has 2 aromatic heterocycles. The second kappa shape index (κ2) is 5.94. The first kappa shape index (κ1) is 15.2. The van der Waals surface area contributed by atoms with Crippen molar-refractivity contribution in [3.8, 4) is 0 Å². The van der Waals surface area contributed by atoms with Gasteiger partial charge in [0.05, 0.1) is 17.2 Å². The minimum Gasteiger partial charge on any atom is -0.408 e. The van der Waals surface area contributed by atoms with Crippen LogP contribution < -0.4 is 11.1 Å². The van der Waals surface area contributed by atoms with Crippen LogP contribution in [0.2, 0.25) is 0 Å². The lowest BCUT2D eigenvalue weighted by Gasteiger charge is -2.06. The molecule has 0 unspecified atom stereocenters. The molecule has 25 heavy (non-hydrogen) atoms. The van der Waals surface area contributed by atoms with E-state index in [4.69, 9.17) is 4.42 Å². The molecule has 7 nitrogen and oxygen atoms in total. The van der Waals surface area contributed by atoms with Crippen molar-refractivity contribution >= 4 is 33.6 Å². The van der Waals surface area contributed by atoms with E-state index in [-0.39, 0.29) is 11.7 Å². The molecule has 4 rings (SSSR count). The smallest absolute Gasteiger partial charge is 0.408 e. The molecule has 0 bridgehead atoms. The lowest BCUT2D eigenvalue weighted by Crippen LogP contribution is -2.12. The Labute approximate surface area is 142 Å². The third-order valence-electron chi connectivity index (χ3n) is 4.22. The standard InChI is InChI=1S/C18H16N4O3/c1-22-15-8-11(2-6-16(15)25-18(22)24)3-7-17(23)20-13-5-4-12-10-19-21-14(12)9-13/h2,4-6,8-10H,3,7H2,1H3,(H,19,21)(H,20,23). The number of aryl methyl sites for hydroxylation is 2. The lowest BCUT2D eigenvalue weighted by atomic mass is 10.1. The van der Waals surface area contributed by atoms with Crippen molar-refractivity contribution in [3.05, 3.63) is 58.7 Å². The summed E-state index contributed by atoms with van der Waals surface area (Å²) in [7, 11) is 1.66. The summed E-state index contributed by atoms with van der Waals surface area (Å²) in [6.07, 6.45) is 2.66. The number of aromatic nitrogens is 3. The summed E-state index contributed by atoms with van der Waals surface area (Å²) < 4.78 is 6.56. The zero-order valence-electron chi connectivity index (χ0n) is 13.6. The SMILES string of the molecule is Cn1c(=O)oc2ccc(CCC(=O)Nc3ccc4cn[nH]c4c3)cc21. The summed E-state index contributed by atoms with van der Waals surface area (Å²) in [6.45, 7) is 0. The minimum atomic E-state index is -0.390. The maximum absolute atomic E-state index is 12.2. The number of carbonyl (C=O) groups excluding carboxylic acids is 1. The van der Waals surface area contributed by atoms with Gasteiger partial charge in [0, 0.05) is 24.5 Å². The number of H-pyrrole nitrogens is 1. The summed E-state index contributed by atoms with van der Waals surface area (Å²) in [6, 6.07) is 11.1. The largest absolute Gasteiger partial charge is 0.419 e. The summed E-state index contributed by atoms with van der Waals surface area (Å²) in [5, 5.41) is 10.7. The normalized spacial score (nSPS) is 11.2. The maximum atomic E-state index is 12.2. The first-order valence-corrected chi connectivity index (χ1v) is 7.91. The Morgan fingerprint density at radius 1 is 1.28 bits per heavy atom. The van der Waals surface area contributed by atoms with E-state index in [9.17, 15) is 9.59 Å². The molecule has 0 atom stereocenters. The summed E-state index contributed by atoms with van der Waals surface area (Å²) in [5.74, 6) is -0.459. The molecule has 7 heteroatoms. The van der Waals surface area contributed by atoms with Gasteiger partial charge in [-0.25, -0.2) is 4.79 Å². The summed E-state index contributed by atoms with van der Waals surface area (Å²) >= 11 is 0. The van der Waals surface area contributed by atoms with Crippen molar-refractivity contribution in [2.75, 3.05) is 5.32 Å². The Bertz CT molecular complexity index is 1140. The molecule has 0 radical (unpaired) electrons. The van der Waals surface area contributed by atoms with E-state index < -0.39 is 0 Å². The fourth-order valence-electron chi connectivity index (χ4n) is 2.82. The van der Waals surface area contributed by atoms with Crippen LogP contribution in [0.5, 0.6) is 0 Å². The van der Waals surface area contributed by atoms with E-state index in [0.29, 0.717) is 18.4 Å². The van der Waals surface area contributed by atoms with Gasteiger partial charge in [-0.3, -0.25) is 14.5 Å². The van der Waals surface area contributed by atoms with E-state index in [2.05, 4.69) is 15.5 Å². The average molecular weight is 336 g/mol. The van der Waals surface area contributed by atoms with Crippen molar-refractivity contribution < 1.29 is 9.21 Å². The first-order valence-electron chi connectivity index (χ1n) is 7.91. The van der Waals surface area contributed by atoms with E-state index in [1.54, 1.807) is 19.3 Å². The van der Waals surface area contributed by atoms with E-state index in [1.807, 2.05) is 30.3 Å². The Hall–Kier alpha value is -3.35. The van der Waals surface area contributed by atoms with Gasteiger partial charge >= 0.3 is 5.76 Å². The van der Waals surface area contributed by atoms with Crippen LogP contribution in [0, 0.1) is 0 Å². The Morgan fingerprint density at radius 2 is 2.16 bits per heavy atom. The molecule has 0 aliphatic rings. The number of oxazole rings is 1. The highest BCUT2D eigenvalue weighted by Gasteiger charge is 2.08. The van der Waals surface area contributed by atoms with Crippen molar-refractivity contribution in [1.82, 2.24) is 14.8 Å². The van der Waals surface area contributed by atoms with Crippen LogP contribution >= 0.6 is 0 Å². The van der Waals surface area contributed by atoms with Crippen LogP contribution in [0.1, 0.15) is 12.0 Å². The second-order valence-electron chi connectivity index (χ2n) is 5.95. The highest BCUT2D eigenvalue weighted by Crippen LogP contribution is 2.18. The second-order valence-corrected chi connectivity index (χ2v) is 5.95. The van der Waals surface area contributed by atoms with Gasteiger partial charge in [0.1, 0.15) is 0 Å². The van der Waals surface area contributed by atoms with E-state index in [1.165, 1.54) is 4.57 Å². The molecular weight excluding hydrogens is 320 g/mol. The maximum Gasteiger partial charge on any atom is 0.419 e. The molecule has 126 valence electrons. The number of fused-ring (bicyclic) bond motifs is 2. The van der Waals surface area contributed by atoms with E-state index >= 15 is 0 Å². The molecule has 0 fully saturated rings. The van der Waals surface area contributed by atoms with Crippen LogP contribution in [-0.2, 0) is 18.3 Å².